The highest BCUT2D eigenvalue weighted by atomic mass is 19.3. The van der Waals surface area contributed by atoms with Gasteiger partial charge in [-0.2, -0.15) is 17.6 Å². The molecule has 12 heteroatoms. The van der Waals surface area contributed by atoms with Gasteiger partial charge in [0.1, 0.15) is 22.9 Å². The van der Waals surface area contributed by atoms with Gasteiger partial charge in [-0.05, 0) is 42.3 Å². The second-order valence-corrected chi connectivity index (χ2v) is 8.22. The average molecular weight is 560 g/mol. The van der Waals surface area contributed by atoms with E-state index in [1.165, 1.54) is 19.1 Å². The molecule has 0 spiro atoms. The molecule has 0 saturated heterocycles. The van der Waals surface area contributed by atoms with Crippen molar-refractivity contribution in [1.29, 1.82) is 0 Å². The van der Waals surface area contributed by atoms with E-state index in [9.17, 15) is 43.9 Å². The lowest BCUT2D eigenvalue weighted by atomic mass is 10.0. The predicted octanol–water partition coefficient (Wildman–Crippen LogP) is 8.75. The Morgan fingerprint density at radius 2 is 1.10 bits per heavy atom. The fourth-order valence-corrected chi connectivity index (χ4v) is 3.51. The van der Waals surface area contributed by atoms with Crippen LogP contribution in [0.5, 0.6) is 11.5 Å². The van der Waals surface area contributed by atoms with Crippen molar-refractivity contribution < 1.29 is 53.4 Å². The van der Waals surface area contributed by atoms with Crippen molar-refractivity contribution in [1.82, 2.24) is 0 Å². The van der Waals surface area contributed by atoms with Crippen LogP contribution in [-0.2, 0) is 12.2 Å². The van der Waals surface area contributed by atoms with E-state index in [1.54, 1.807) is 0 Å². The zero-order valence-electron chi connectivity index (χ0n) is 19.4. The Balaban J connectivity index is 1.53. The number of ether oxygens (including phenoxy) is 2. The first-order chi connectivity index (χ1) is 18.2. The highest BCUT2D eigenvalue weighted by Crippen LogP contribution is 2.38. The Morgan fingerprint density at radius 1 is 0.538 bits per heavy atom. The quantitative estimate of drug-likeness (QED) is 0.166. The van der Waals surface area contributed by atoms with E-state index in [-0.39, 0.29) is 34.9 Å². The van der Waals surface area contributed by atoms with Gasteiger partial charge in [-0.25, -0.2) is 26.3 Å². The van der Waals surface area contributed by atoms with Crippen molar-refractivity contribution in [2.24, 2.45) is 0 Å². The maximum atomic E-state index is 14.7. The van der Waals surface area contributed by atoms with Crippen molar-refractivity contribution in [2.75, 3.05) is 0 Å². The van der Waals surface area contributed by atoms with Crippen molar-refractivity contribution in [2.45, 2.75) is 19.1 Å². The Bertz CT molecular complexity index is 1510. The van der Waals surface area contributed by atoms with E-state index in [0.29, 0.717) is 12.1 Å². The van der Waals surface area contributed by atoms with Crippen molar-refractivity contribution in [3.8, 4) is 22.6 Å². The van der Waals surface area contributed by atoms with Crippen LogP contribution < -0.4 is 9.47 Å². The summed E-state index contributed by atoms with van der Waals surface area (Å²) < 4.78 is 149. The number of halogens is 10. The van der Waals surface area contributed by atoms with Crippen LogP contribution in [0.4, 0.5) is 43.9 Å². The van der Waals surface area contributed by atoms with E-state index in [4.69, 9.17) is 0 Å². The summed E-state index contributed by atoms with van der Waals surface area (Å²) in [6.45, 7) is 1.35. The Hall–Kier alpha value is -4.22. The molecule has 0 saturated carbocycles. The van der Waals surface area contributed by atoms with Gasteiger partial charge in [-0.1, -0.05) is 24.3 Å². The maximum Gasteiger partial charge on any atom is 0.429 e. The largest absolute Gasteiger partial charge is 0.429 e. The van der Waals surface area contributed by atoms with Crippen LogP contribution >= 0.6 is 0 Å². The van der Waals surface area contributed by atoms with Gasteiger partial charge in [0, 0.05) is 23.8 Å². The summed E-state index contributed by atoms with van der Waals surface area (Å²) in [6.07, 6.45) is -8.67. The standard InChI is InChI=1S/C27H14F10O2/c1-13-2-8-18(24(32)23(13)31)14-3-5-15(6-4-14)26(34,35)38-16-7-9-19(20(28)10-16)27(36,37)39-17-11-21(29)25(33)22(30)12-17/h2-12H,1H3. The summed E-state index contributed by atoms with van der Waals surface area (Å²) in [7, 11) is 0. The van der Waals surface area contributed by atoms with Crippen LogP contribution in [0.1, 0.15) is 16.7 Å². The molecular weight excluding hydrogens is 546 g/mol. The van der Waals surface area contributed by atoms with Gasteiger partial charge in [0.15, 0.2) is 29.1 Å². The lowest BCUT2D eigenvalue weighted by Crippen LogP contribution is -2.24. The zero-order chi connectivity index (χ0) is 28.7. The van der Waals surface area contributed by atoms with Crippen molar-refractivity contribution in [3.05, 3.63) is 118 Å². The SMILES string of the molecule is Cc1ccc(-c2ccc(C(F)(F)Oc3ccc(C(F)(F)Oc4cc(F)c(F)c(F)c4)c(F)c3)cc2)c(F)c1F. The third kappa shape index (κ3) is 5.64. The Kier molecular flexibility index (Phi) is 7.24. The van der Waals surface area contributed by atoms with Gasteiger partial charge in [0.05, 0.1) is 5.56 Å². The smallest absolute Gasteiger partial charge is 0.429 e. The van der Waals surface area contributed by atoms with Gasteiger partial charge in [0.2, 0.25) is 0 Å². The van der Waals surface area contributed by atoms with Crippen LogP contribution in [0.15, 0.2) is 66.7 Å². The molecule has 2 nitrogen and oxygen atoms in total. The van der Waals surface area contributed by atoms with Crippen LogP contribution in [0.3, 0.4) is 0 Å². The Labute approximate surface area is 214 Å². The van der Waals surface area contributed by atoms with Gasteiger partial charge < -0.3 is 9.47 Å². The van der Waals surface area contributed by atoms with Gasteiger partial charge >= 0.3 is 12.2 Å². The summed E-state index contributed by atoms with van der Waals surface area (Å²) in [4.78, 5) is 0. The first kappa shape index (κ1) is 27.8. The minimum atomic E-state index is -4.55. The molecule has 0 N–H and O–H groups in total. The topological polar surface area (TPSA) is 18.5 Å². The predicted molar refractivity (Wildman–Crippen MR) is 118 cm³/mol. The second-order valence-electron chi connectivity index (χ2n) is 8.22. The van der Waals surface area contributed by atoms with Crippen LogP contribution in [0.2, 0.25) is 0 Å². The molecule has 0 atom stereocenters. The highest BCUT2D eigenvalue weighted by molar-refractivity contribution is 5.65. The van der Waals surface area contributed by atoms with Gasteiger partial charge in [-0.3, -0.25) is 0 Å². The van der Waals surface area contributed by atoms with Crippen LogP contribution in [0.25, 0.3) is 11.1 Å². The van der Waals surface area contributed by atoms with Crippen molar-refractivity contribution in [3.63, 3.8) is 0 Å². The first-order valence-electron chi connectivity index (χ1n) is 10.8. The average Bonchev–Trinajstić information content (AvgIpc) is 2.85. The third-order valence-corrected chi connectivity index (χ3v) is 5.51. The molecule has 0 aliphatic carbocycles. The molecule has 0 unspecified atom stereocenters. The summed E-state index contributed by atoms with van der Waals surface area (Å²) in [5, 5.41) is 0. The fourth-order valence-electron chi connectivity index (χ4n) is 3.51. The highest BCUT2D eigenvalue weighted by Gasteiger charge is 2.40. The number of hydrogen-bond donors (Lipinski definition) is 0. The fraction of sp³-hybridized carbons (Fsp3) is 0.111. The minimum absolute atomic E-state index is 0.0497. The molecule has 0 aliphatic heterocycles. The molecule has 39 heavy (non-hydrogen) atoms. The molecule has 0 heterocycles. The molecule has 4 aromatic carbocycles. The van der Waals surface area contributed by atoms with Gasteiger partial charge in [-0.15, -0.1) is 0 Å². The molecule has 0 radical (unpaired) electrons. The molecule has 0 aromatic heterocycles. The van der Waals surface area contributed by atoms with E-state index in [1.807, 2.05) is 0 Å². The lowest BCUT2D eigenvalue weighted by molar-refractivity contribution is -0.188. The number of aryl methyl sites for hydroxylation is 1. The molecule has 204 valence electrons. The number of benzene rings is 4. The number of alkyl halides is 4. The molecule has 0 bridgehead atoms. The summed E-state index contributed by atoms with van der Waals surface area (Å²) in [5.41, 5.74) is -2.34. The van der Waals surface area contributed by atoms with E-state index >= 15 is 0 Å². The summed E-state index contributed by atoms with van der Waals surface area (Å²) in [6, 6.07) is 7.74. The number of hydrogen-bond acceptors (Lipinski definition) is 2. The molecule has 0 fully saturated rings. The lowest BCUT2D eigenvalue weighted by Gasteiger charge is -2.21. The second kappa shape index (κ2) is 10.2. The summed E-state index contributed by atoms with van der Waals surface area (Å²) >= 11 is 0. The maximum absolute atomic E-state index is 14.7. The van der Waals surface area contributed by atoms with Crippen LogP contribution in [0, 0.1) is 41.8 Å². The Morgan fingerprint density at radius 3 is 1.69 bits per heavy atom. The molecule has 0 aliphatic rings. The normalized spacial score (nSPS) is 12.0. The summed E-state index contributed by atoms with van der Waals surface area (Å²) in [5.74, 6) is -11.7. The zero-order valence-corrected chi connectivity index (χ0v) is 19.4. The third-order valence-electron chi connectivity index (χ3n) is 5.51. The number of rotatable bonds is 7. The van der Waals surface area contributed by atoms with E-state index in [2.05, 4.69) is 9.47 Å². The molecular formula is C27H14F10O2. The monoisotopic (exact) mass is 560 g/mol. The first-order valence-corrected chi connectivity index (χ1v) is 10.8. The molecule has 4 rings (SSSR count). The minimum Gasteiger partial charge on any atom is -0.429 e. The molecule has 4 aromatic rings. The molecule has 0 amide bonds. The van der Waals surface area contributed by atoms with E-state index < -0.39 is 69.7 Å². The van der Waals surface area contributed by atoms with Gasteiger partial charge in [0.25, 0.3) is 0 Å². The van der Waals surface area contributed by atoms with Crippen molar-refractivity contribution >= 4 is 0 Å². The van der Waals surface area contributed by atoms with E-state index in [0.717, 1.165) is 24.3 Å². The van der Waals surface area contributed by atoms with Crippen LogP contribution in [-0.4, -0.2) is 0 Å².